The van der Waals surface area contributed by atoms with Gasteiger partial charge in [0.25, 0.3) is 0 Å². The number of amides is 1. The van der Waals surface area contributed by atoms with Crippen molar-refractivity contribution in [2.75, 3.05) is 11.5 Å². The summed E-state index contributed by atoms with van der Waals surface area (Å²) >= 11 is 0. The molecule has 0 saturated carbocycles. The number of nitrogens with zero attached hydrogens (tertiary/aromatic N) is 2. The lowest BCUT2D eigenvalue weighted by Gasteiger charge is -2.45. The number of aliphatic hydroxyl groups excluding tert-OH is 1. The quantitative estimate of drug-likeness (QED) is 0.773. The van der Waals surface area contributed by atoms with Crippen LogP contribution in [-0.2, 0) is 20.4 Å². The number of carbonyl (C=O) groups is 1. The number of rotatable bonds is 1. The largest absolute Gasteiger partial charge is 0.417 e. The average molecular weight is 408 g/mol. The Morgan fingerprint density at radius 1 is 1.34 bits per heavy atom. The third-order valence-corrected chi connectivity index (χ3v) is 7.53. The van der Waals surface area contributed by atoms with Gasteiger partial charge in [-0.3, -0.25) is 9.69 Å². The van der Waals surface area contributed by atoms with Crippen molar-refractivity contribution in [3.63, 3.8) is 0 Å². The van der Waals surface area contributed by atoms with Crippen LogP contribution in [0, 0.1) is 22.7 Å². The topological polar surface area (TPSA) is 82.8 Å². The number of hydrogen-bond acceptors (Lipinski definition) is 5. The van der Waals surface area contributed by atoms with Crippen LogP contribution in [-0.4, -0.2) is 41.2 Å². The van der Waals surface area contributed by atoms with Gasteiger partial charge in [-0.05, 0) is 32.0 Å². The highest BCUT2D eigenvalue weighted by Gasteiger charge is 2.83. The lowest BCUT2D eigenvalue weighted by Crippen LogP contribution is -2.58. The number of aliphatic hydroxyl groups is 1. The van der Waals surface area contributed by atoms with E-state index in [1.807, 2.05) is 0 Å². The van der Waals surface area contributed by atoms with Gasteiger partial charge in [0.05, 0.1) is 46.8 Å². The highest BCUT2D eigenvalue weighted by molar-refractivity contribution is 6.02. The number of carbonyl (C=O) groups excluding carboxylic acids is 1. The molecule has 1 aromatic carbocycles. The van der Waals surface area contributed by atoms with Gasteiger partial charge in [-0.1, -0.05) is 0 Å². The lowest BCUT2D eigenvalue weighted by molar-refractivity contribution is -0.147. The highest BCUT2D eigenvalue weighted by Crippen LogP contribution is 2.71. The molecule has 1 aromatic rings. The first-order valence-electron chi connectivity index (χ1n) is 9.44. The number of anilines is 1. The fourth-order valence-electron chi connectivity index (χ4n) is 6.05. The SMILES string of the molecule is C[C@@]12C(=O)N(c3ccc(C#N)c(C(F)(F)F)c3)[C@H]3OCC[C@]4(C[C@H](O)[C@@]1(C)O4)[C@H]32. The summed E-state index contributed by atoms with van der Waals surface area (Å²) in [5.74, 6) is -0.843. The van der Waals surface area contributed by atoms with Crippen molar-refractivity contribution in [2.45, 2.75) is 56.4 Å². The minimum absolute atomic E-state index is 0.0245. The first-order valence-corrected chi connectivity index (χ1v) is 9.44. The Morgan fingerprint density at radius 3 is 2.72 bits per heavy atom. The van der Waals surface area contributed by atoms with E-state index in [9.17, 15) is 23.1 Å². The number of nitriles is 1. The standard InChI is InChI=1S/C20H19F3N2O4/c1-17-14-15(28-6-5-19(14)8-13(26)18(17,2)29-19)25(16(17)27)11-4-3-10(9-24)12(7-11)20(21,22)23/h3-4,7,13-15,26H,5-6,8H2,1-2H3/t13-,14+,15-,17+,18+,19-/m0/s1. The Morgan fingerprint density at radius 2 is 2.07 bits per heavy atom. The van der Waals surface area contributed by atoms with E-state index in [4.69, 9.17) is 14.7 Å². The molecule has 6 nitrogen and oxygen atoms in total. The van der Waals surface area contributed by atoms with Crippen molar-refractivity contribution in [1.29, 1.82) is 5.26 Å². The number of hydrogen-bond donors (Lipinski definition) is 1. The molecule has 4 heterocycles. The van der Waals surface area contributed by atoms with Crippen LogP contribution in [0.4, 0.5) is 18.9 Å². The molecular formula is C20H19F3N2O4. The molecule has 1 N–H and O–H groups in total. The van der Waals surface area contributed by atoms with Crippen molar-refractivity contribution >= 4 is 11.6 Å². The molecule has 5 rings (SSSR count). The van der Waals surface area contributed by atoms with Crippen LogP contribution in [0.15, 0.2) is 18.2 Å². The summed E-state index contributed by atoms with van der Waals surface area (Å²) in [7, 11) is 0. The summed E-state index contributed by atoms with van der Waals surface area (Å²) in [5.41, 5.74) is -4.60. The molecule has 1 amide bonds. The van der Waals surface area contributed by atoms with Crippen LogP contribution in [0.1, 0.15) is 37.8 Å². The van der Waals surface area contributed by atoms with Crippen LogP contribution < -0.4 is 4.90 Å². The Bertz CT molecular complexity index is 975. The second-order valence-corrected chi connectivity index (χ2v) is 8.70. The van der Waals surface area contributed by atoms with Gasteiger partial charge in [-0.15, -0.1) is 0 Å². The molecule has 2 bridgehead atoms. The van der Waals surface area contributed by atoms with Gasteiger partial charge in [-0.25, -0.2) is 0 Å². The Balaban J connectivity index is 1.67. The number of alkyl halides is 3. The molecule has 154 valence electrons. The minimum atomic E-state index is -4.73. The first kappa shape index (κ1) is 18.9. The second-order valence-electron chi connectivity index (χ2n) is 8.70. The molecule has 4 fully saturated rings. The molecule has 1 spiro atoms. The molecule has 0 radical (unpaired) electrons. The third kappa shape index (κ3) is 2.00. The number of benzene rings is 1. The molecule has 4 aliphatic rings. The van der Waals surface area contributed by atoms with Crippen LogP contribution >= 0.6 is 0 Å². The molecule has 4 aliphatic heterocycles. The Hall–Kier alpha value is -2.15. The fourth-order valence-corrected chi connectivity index (χ4v) is 6.05. The maximum atomic E-state index is 13.6. The molecule has 0 unspecified atom stereocenters. The number of fused-ring (bicyclic) bond motifs is 2. The lowest BCUT2D eigenvalue weighted by atomic mass is 9.56. The number of halogens is 3. The van der Waals surface area contributed by atoms with Crippen molar-refractivity contribution in [2.24, 2.45) is 11.3 Å². The minimum Gasteiger partial charge on any atom is -0.390 e. The molecule has 0 aromatic heterocycles. The van der Waals surface area contributed by atoms with Gasteiger partial charge in [0.1, 0.15) is 11.8 Å². The van der Waals surface area contributed by atoms with Crippen molar-refractivity contribution < 1.29 is 32.5 Å². The van der Waals surface area contributed by atoms with Crippen molar-refractivity contribution in [3.8, 4) is 6.07 Å². The van der Waals surface area contributed by atoms with Crippen LogP contribution in [0.3, 0.4) is 0 Å². The normalized spacial score (nSPS) is 42.9. The predicted octanol–water partition coefficient (Wildman–Crippen LogP) is 2.58. The monoisotopic (exact) mass is 408 g/mol. The van der Waals surface area contributed by atoms with E-state index < -0.39 is 58.1 Å². The smallest absolute Gasteiger partial charge is 0.390 e. The van der Waals surface area contributed by atoms with E-state index in [1.165, 1.54) is 11.0 Å². The molecule has 9 heteroatoms. The third-order valence-electron chi connectivity index (χ3n) is 7.53. The van der Waals surface area contributed by atoms with Gasteiger partial charge in [-0.2, -0.15) is 18.4 Å². The maximum Gasteiger partial charge on any atom is 0.417 e. The van der Waals surface area contributed by atoms with Gasteiger partial charge in [0, 0.05) is 18.5 Å². The molecule has 29 heavy (non-hydrogen) atoms. The molecule has 6 atom stereocenters. The predicted molar refractivity (Wildman–Crippen MR) is 92.4 cm³/mol. The Kier molecular flexibility index (Phi) is 3.45. The second kappa shape index (κ2) is 5.31. The summed E-state index contributed by atoms with van der Waals surface area (Å²) < 4.78 is 52.6. The van der Waals surface area contributed by atoms with Gasteiger partial charge < -0.3 is 14.6 Å². The summed E-state index contributed by atoms with van der Waals surface area (Å²) in [6.07, 6.45) is -5.49. The van der Waals surface area contributed by atoms with E-state index >= 15 is 0 Å². The number of ether oxygens (including phenoxy) is 2. The van der Waals surface area contributed by atoms with Crippen molar-refractivity contribution in [1.82, 2.24) is 0 Å². The average Bonchev–Trinajstić information content (AvgIpc) is 3.13. The molecule has 4 saturated heterocycles. The Labute approximate surface area is 164 Å². The van der Waals surface area contributed by atoms with E-state index in [2.05, 4.69) is 0 Å². The van der Waals surface area contributed by atoms with E-state index in [0.29, 0.717) is 12.8 Å². The van der Waals surface area contributed by atoms with Gasteiger partial charge in [0.2, 0.25) is 5.91 Å². The fraction of sp³-hybridized carbons (Fsp3) is 0.600. The summed E-state index contributed by atoms with van der Waals surface area (Å²) in [6.45, 7) is 3.68. The van der Waals surface area contributed by atoms with Gasteiger partial charge >= 0.3 is 6.18 Å². The van der Waals surface area contributed by atoms with Crippen molar-refractivity contribution in [3.05, 3.63) is 29.3 Å². The zero-order valence-corrected chi connectivity index (χ0v) is 15.8. The zero-order chi connectivity index (χ0) is 21.0. The van der Waals surface area contributed by atoms with Crippen LogP contribution in [0.25, 0.3) is 0 Å². The summed E-state index contributed by atoms with van der Waals surface area (Å²) in [5, 5.41) is 19.7. The summed E-state index contributed by atoms with van der Waals surface area (Å²) in [6, 6.07) is 4.78. The van der Waals surface area contributed by atoms with E-state index in [-0.39, 0.29) is 12.3 Å². The highest BCUT2D eigenvalue weighted by atomic mass is 19.4. The zero-order valence-electron chi connectivity index (χ0n) is 15.8. The first-order chi connectivity index (χ1) is 13.5. The molecule has 0 aliphatic carbocycles. The van der Waals surface area contributed by atoms with Crippen LogP contribution in [0.2, 0.25) is 0 Å². The van der Waals surface area contributed by atoms with Crippen LogP contribution in [0.5, 0.6) is 0 Å². The maximum absolute atomic E-state index is 13.6. The summed E-state index contributed by atoms with van der Waals surface area (Å²) in [4.78, 5) is 14.9. The van der Waals surface area contributed by atoms with E-state index in [1.54, 1.807) is 19.9 Å². The van der Waals surface area contributed by atoms with Gasteiger partial charge in [0.15, 0.2) is 0 Å². The van der Waals surface area contributed by atoms with E-state index in [0.717, 1.165) is 12.1 Å². The molecular weight excluding hydrogens is 389 g/mol.